The number of rotatable bonds is 7. The van der Waals surface area contributed by atoms with Gasteiger partial charge in [-0.3, -0.25) is 10.1 Å². The van der Waals surface area contributed by atoms with Crippen LogP contribution < -0.4 is 10.1 Å². The topological polar surface area (TPSA) is 95.1 Å². The minimum absolute atomic E-state index is 0.0298. The number of benzene rings is 2. The molecule has 2 heterocycles. The van der Waals surface area contributed by atoms with Crippen molar-refractivity contribution in [3.8, 4) is 5.75 Å². The van der Waals surface area contributed by atoms with Crippen molar-refractivity contribution >= 4 is 33.2 Å². The average Bonchev–Trinajstić information content (AvgIpc) is 3.32. The van der Waals surface area contributed by atoms with Crippen LogP contribution in [0.5, 0.6) is 5.75 Å². The number of ether oxygens (including phenoxy) is 1. The summed E-state index contributed by atoms with van der Waals surface area (Å²) < 4.78 is 7.82. The SMILES string of the molecule is O=[N+]([O-])c1ccc(OCc2nc3ccccc3n2CNc2nccs2)cc1. The van der Waals surface area contributed by atoms with Gasteiger partial charge in [-0.05, 0) is 24.3 Å². The molecule has 2 aromatic carbocycles. The van der Waals surface area contributed by atoms with Crippen LogP contribution in [-0.2, 0) is 13.3 Å². The monoisotopic (exact) mass is 381 g/mol. The van der Waals surface area contributed by atoms with Crippen LogP contribution in [0.2, 0.25) is 0 Å². The van der Waals surface area contributed by atoms with Crippen LogP contribution in [0, 0.1) is 10.1 Å². The fourth-order valence-electron chi connectivity index (χ4n) is 2.68. The number of nitro benzene ring substituents is 1. The number of non-ortho nitro benzene ring substituents is 1. The van der Waals surface area contributed by atoms with Crippen LogP contribution in [0.15, 0.2) is 60.1 Å². The molecule has 4 rings (SSSR count). The van der Waals surface area contributed by atoms with E-state index < -0.39 is 4.92 Å². The highest BCUT2D eigenvalue weighted by Crippen LogP contribution is 2.21. The van der Waals surface area contributed by atoms with E-state index in [0.29, 0.717) is 12.4 Å². The van der Waals surface area contributed by atoms with Crippen molar-refractivity contribution in [2.24, 2.45) is 0 Å². The van der Waals surface area contributed by atoms with Gasteiger partial charge in [0.15, 0.2) is 5.13 Å². The molecule has 0 aliphatic heterocycles. The second kappa shape index (κ2) is 7.42. The van der Waals surface area contributed by atoms with Gasteiger partial charge in [-0.2, -0.15) is 0 Å². The van der Waals surface area contributed by atoms with Crippen molar-refractivity contribution in [3.05, 3.63) is 76.0 Å². The van der Waals surface area contributed by atoms with E-state index in [0.717, 1.165) is 22.0 Å². The molecular formula is C18H15N5O3S. The molecule has 0 saturated heterocycles. The molecule has 9 heteroatoms. The Bertz CT molecular complexity index is 1060. The zero-order valence-electron chi connectivity index (χ0n) is 14.1. The molecule has 2 aromatic heterocycles. The standard InChI is InChI=1S/C18H15N5O3S/c24-23(25)13-5-7-14(8-6-13)26-11-17-21-15-3-1-2-4-16(15)22(17)12-20-18-19-9-10-27-18/h1-10H,11-12H2,(H,19,20). The molecule has 0 aliphatic carbocycles. The first-order valence-electron chi connectivity index (χ1n) is 8.15. The van der Waals surface area contributed by atoms with Crippen LogP contribution in [0.4, 0.5) is 10.8 Å². The normalized spacial score (nSPS) is 10.8. The largest absolute Gasteiger partial charge is 0.486 e. The van der Waals surface area contributed by atoms with Crippen LogP contribution in [0.25, 0.3) is 11.0 Å². The van der Waals surface area contributed by atoms with E-state index in [-0.39, 0.29) is 12.3 Å². The molecule has 0 spiro atoms. The molecule has 0 radical (unpaired) electrons. The molecule has 8 nitrogen and oxygen atoms in total. The Morgan fingerprint density at radius 2 is 2.00 bits per heavy atom. The number of imidazole rings is 1. The van der Waals surface area contributed by atoms with E-state index >= 15 is 0 Å². The molecule has 0 unspecified atom stereocenters. The van der Waals surface area contributed by atoms with E-state index in [4.69, 9.17) is 4.74 Å². The molecule has 0 saturated carbocycles. The third kappa shape index (κ3) is 3.72. The summed E-state index contributed by atoms with van der Waals surface area (Å²) in [6.07, 6.45) is 1.75. The molecule has 0 fully saturated rings. The molecular weight excluding hydrogens is 366 g/mol. The number of fused-ring (bicyclic) bond motifs is 1. The lowest BCUT2D eigenvalue weighted by atomic mass is 10.3. The summed E-state index contributed by atoms with van der Waals surface area (Å²) in [5, 5.41) is 16.8. The van der Waals surface area contributed by atoms with Gasteiger partial charge < -0.3 is 14.6 Å². The van der Waals surface area contributed by atoms with Gasteiger partial charge in [0.05, 0.1) is 22.6 Å². The first-order chi connectivity index (χ1) is 13.2. The summed E-state index contributed by atoms with van der Waals surface area (Å²) in [5.41, 5.74) is 1.90. The summed E-state index contributed by atoms with van der Waals surface area (Å²) in [6, 6.07) is 13.9. The van der Waals surface area contributed by atoms with Crippen molar-refractivity contribution in [2.75, 3.05) is 5.32 Å². The molecule has 0 bridgehead atoms. The summed E-state index contributed by atoms with van der Waals surface area (Å²) in [4.78, 5) is 19.2. The van der Waals surface area contributed by atoms with E-state index in [9.17, 15) is 10.1 Å². The lowest BCUT2D eigenvalue weighted by Crippen LogP contribution is -2.13. The third-order valence-electron chi connectivity index (χ3n) is 3.97. The fourth-order valence-corrected chi connectivity index (χ4v) is 3.20. The predicted octanol–water partition coefficient (Wildman–Crippen LogP) is 4.05. The molecule has 0 aliphatic rings. The van der Waals surface area contributed by atoms with Crippen molar-refractivity contribution in [2.45, 2.75) is 13.3 Å². The number of hydrogen-bond donors (Lipinski definition) is 1. The highest BCUT2D eigenvalue weighted by molar-refractivity contribution is 7.13. The number of nitrogens with zero attached hydrogens (tertiary/aromatic N) is 4. The highest BCUT2D eigenvalue weighted by atomic mass is 32.1. The van der Waals surface area contributed by atoms with Gasteiger partial charge in [-0.25, -0.2) is 9.97 Å². The number of hydrogen-bond acceptors (Lipinski definition) is 7. The first kappa shape index (κ1) is 17.0. The Hall–Kier alpha value is -3.46. The van der Waals surface area contributed by atoms with E-state index in [1.54, 1.807) is 18.3 Å². The Kier molecular flexibility index (Phi) is 4.67. The Balaban J connectivity index is 1.54. The Labute approximate surface area is 158 Å². The van der Waals surface area contributed by atoms with Crippen LogP contribution >= 0.6 is 11.3 Å². The second-order valence-electron chi connectivity index (χ2n) is 5.66. The van der Waals surface area contributed by atoms with Crippen LogP contribution in [-0.4, -0.2) is 19.5 Å². The Morgan fingerprint density at radius 3 is 2.74 bits per heavy atom. The Morgan fingerprint density at radius 1 is 1.19 bits per heavy atom. The predicted molar refractivity (Wildman–Crippen MR) is 103 cm³/mol. The molecule has 0 amide bonds. The number of nitro groups is 1. The quantitative estimate of drug-likeness (QED) is 0.383. The first-order valence-corrected chi connectivity index (χ1v) is 9.03. The maximum Gasteiger partial charge on any atom is 0.269 e. The van der Waals surface area contributed by atoms with Crippen LogP contribution in [0.3, 0.4) is 0 Å². The minimum Gasteiger partial charge on any atom is -0.486 e. The second-order valence-corrected chi connectivity index (χ2v) is 6.55. The molecule has 4 aromatic rings. The molecule has 0 atom stereocenters. The number of anilines is 1. The number of para-hydroxylation sites is 2. The summed E-state index contributed by atoms with van der Waals surface area (Å²) in [5.74, 6) is 1.30. The number of nitrogens with one attached hydrogen (secondary N) is 1. The molecule has 1 N–H and O–H groups in total. The summed E-state index contributed by atoms with van der Waals surface area (Å²) >= 11 is 1.53. The smallest absolute Gasteiger partial charge is 0.269 e. The molecule has 136 valence electrons. The van der Waals surface area contributed by atoms with Gasteiger partial charge >= 0.3 is 0 Å². The maximum atomic E-state index is 10.7. The number of thiazole rings is 1. The highest BCUT2D eigenvalue weighted by Gasteiger charge is 2.12. The fraction of sp³-hybridized carbons (Fsp3) is 0.111. The van der Waals surface area contributed by atoms with Crippen molar-refractivity contribution in [3.63, 3.8) is 0 Å². The zero-order valence-corrected chi connectivity index (χ0v) is 14.9. The van der Waals surface area contributed by atoms with E-state index in [1.807, 2.05) is 34.2 Å². The van der Waals surface area contributed by atoms with Gasteiger partial charge in [-0.1, -0.05) is 12.1 Å². The van der Waals surface area contributed by atoms with Gasteiger partial charge in [0.2, 0.25) is 0 Å². The summed E-state index contributed by atoms with van der Waals surface area (Å²) in [6.45, 7) is 0.749. The van der Waals surface area contributed by atoms with Crippen molar-refractivity contribution < 1.29 is 9.66 Å². The van der Waals surface area contributed by atoms with Gasteiger partial charge in [-0.15, -0.1) is 11.3 Å². The van der Waals surface area contributed by atoms with Crippen LogP contribution in [0.1, 0.15) is 5.82 Å². The van der Waals surface area contributed by atoms with Crippen molar-refractivity contribution in [1.82, 2.24) is 14.5 Å². The lowest BCUT2D eigenvalue weighted by molar-refractivity contribution is -0.384. The number of aromatic nitrogens is 3. The van der Waals surface area contributed by atoms with Gasteiger partial charge in [0.1, 0.15) is 18.2 Å². The van der Waals surface area contributed by atoms with E-state index in [1.165, 1.54) is 23.5 Å². The maximum absolute atomic E-state index is 10.7. The minimum atomic E-state index is -0.437. The van der Waals surface area contributed by atoms with Gasteiger partial charge in [0.25, 0.3) is 5.69 Å². The lowest BCUT2D eigenvalue weighted by Gasteiger charge is -2.11. The van der Waals surface area contributed by atoms with Crippen molar-refractivity contribution in [1.29, 1.82) is 0 Å². The molecule has 27 heavy (non-hydrogen) atoms. The average molecular weight is 381 g/mol. The summed E-state index contributed by atoms with van der Waals surface area (Å²) in [7, 11) is 0. The zero-order chi connectivity index (χ0) is 18.6. The van der Waals surface area contributed by atoms with Gasteiger partial charge in [0, 0.05) is 23.7 Å². The van der Waals surface area contributed by atoms with E-state index in [2.05, 4.69) is 15.3 Å². The third-order valence-corrected chi connectivity index (χ3v) is 4.70.